The van der Waals surface area contributed by atoms with Gasteiger partial charge in [-0.05, 0) is 30.7 Å². The van der Waals surface area contributed by atoms with Gasteiger partial charge in [0.2, 0.25) is 5.91 Å². The van der Waals surface area contributed by atoms with Crippen LogP contribution < -0.4 is 20.9 Å². The molecule has 0 radical (unpaired) electrons. The Hall–Kier alpha value is -3.68. The first-order valence-corrected chi connectivity index (χ1v) is 8.42. The summed E-state index contributed by atoms with van der Waals surface area (Å²) in [6.07, 6.45) is 0.391. The number of para-hydroxylation sites is 1. The van der Waals surface area contributed by atoms with Crippen LogP contribution in [0, 0.1) is 5.82 Å². The normalized spacial score (nSPS) is 11.9. The van der Waals surface area contributed by atoms with Gasteiger partial charge in [-0.3, -0.25) is 25.2 Å². The molecule has 8 heteroatoms. The number of nitrogens with one attached hydrogen (secondary N) is 3. The summed E-state index contributed by atoms with van der Waals surface area (Å²) in [6.45, 7) is 2.66. The van der Waals surface area contributed by atoms with E-state index in [0.717, 1.165) is 0 Å². The topological polar surface area (TPSA) is 96.5 Å². The number of hydrogen-bond donors (Lipinski definition) is 3. The molecule has 0 saturated heterocycles. The van der Waals surface area contributed by atoms with Gasteiger partial charge in [0.15, 0.2) is 17.7 Å². The number of carbonyl (C=O) groups excluding carboxylic acids is 3. The summed E-state index contributed by atoms with van der Waals surface area (Å²) in [5, 5.41) is 2.41. The number of amides is 3. The van der Waals surface area contributed by atoms with Crippen LogP contribution in [0.15, 0.2) is 60.3 Å². The molecule has 2 rings (SSSR count). The molecule has 3 N–H and O–H groups in total. The molecular weight excluding hydrogens is 365 g/mol. The maximum Gasteiger partial charge on any atom is 0.286 e. The van der Waals surface area contributed by atoms with Crippen LogP contribution in [0.5, 0.6) is 5.75 Å². The maximum atomic E-state index is 13.6. The molecule has 2 aromatic carbocycles. The van der Waals surface area contributed by atoms with E-state index in [1.54, 1.807) is 30.3 Å². The lowest BCUT2D eigenvalue weighted by Crippen LogP contribution is -2.49. The van der Waals surface area contributed by atoms with Crippen molar-refractivity contribution in [3.8, 4) is 5.75 Å². The van der Waals surface area contributed by atoms with Gasteiger partial charge in [0, 0.05) is 6.92 Å². The third-order valence-electron chi connectivity index (χ3n) is 3.47. The van der Waals surface area contributed by atoms with Crippen LogP contribution >= 0.6 is 0 Å². The predicted molar refractivity (Wildman–Crippen MR) is 101 cm³/mol. The van der Waals surface area contributed by atoms with Crippen LogP contribution in [0.25, 0.3) is 6.08 Å². The minimum atomic E-state index is -1.07. The average Bonchev–Trinajstić information content (AvgIpc) is 2.67. The molecule has 0 aromatic heterocycles. The average molecular weight is 385 g/mol. The second-order valence-electron chi connectivity index (χ2n) is 5.78. The summed E-state index contributed by atoms with van der Waals surface area (Å²) in [7, 11) is 0. The molecule has 0 heterocycles. The Labute approximate surface area is 161 Å². The third kappa shape index (κ3) is 6.24. The van der Waals surface area contributed by atoms with Gasteiger partial charge < -0.3 is 10.1 Å². The Bertz CT molecular complexity index is 884. The van der Waals surface area contributed by atoms with Crippen LogP contribution in [0.1, 0.15) is 19.4 Å². The lowest BCUT2D eigenvalue weighted by Gasteiger charge is -2.16. The van der Waals surface area contributed by atoms with E-state index in [-0.39, 0.29) is 11.4 Å². The summed E-state index contributed by atoms with van der Waals surface area (Å²) >= 11 is 0. The summed E-state index contributed by atoms with van der Waals surface area (Å²) in [5.41, 5.74) is 5.01. The highest BCUT2D eigenvalue weighted by Gasteiger charge is 2.18. The summed E-state index contributed by atoms with van der Waals surface area (Å²) < 4.78 is 18.8. The second-order valence-corrected chi connectivity index (χ2v) is 5.78. The van der Waals surface area contributed by atoms with Gasteiger partial charge in [-0.25, -0.2) is 4.39 Å². The van der Waals surface area contributed by atoms with Crippen molar-refractivity contribution in [1.29, 1.82) is 0 Å². The number of halogens is 1. The Balaban J connectivity index is 1.99. The first-order chi connectivity index (χ1) is 13.4. The van der Waals surface area contributed by atoms with Gasteiger partial charge in [0.25, 0.3) is 11.8 Å². The van der Waals surface area contributed by atoms with Crippen molar-refractivity contribution in [3.05, 3.63) is 71.7 Å². The van der Waals surface area contributed by atoms with Crippen molar-refractivity contribution in [1.82, 2.24) is 16.2 Å². The molecule has 28 heavy (non-hydrogen) atoms. The van der Waals surface area contributed by atoms with E-state index in [1.165, 1.54) is 38.1 Å². The van der Waals surface area contributed by atoms with Crippen molar-refractivity contribution < 1.29 is 23.5 Å². The van der Waals surface area contributed by atoms with Gasteiger partial charge in [-0.15, -0.1) is 0 Å². The fourth-order valence-electron chi connectivity index (χ4n) is 2.14. The molecule has 0 aliphatic rings. The lowest BCUT2D eigenvalue weighted by molar-refractivity contribution is -0.131. The molecule has 3 amide bonds. The molecule has 146 valence electrons. The fourth-order valence-corrected chi connectivity index (χ4v) is 2.14. The van der Waals surface area contributed by atoms with Crippen LogP contribution in [0.4, 0.5) is 4.39 Å². The summed E-state index contributed by atoms with van der Waals surface area (Å²) in [5.74, 6) is -2.56. The van der Waals surface area contributed by atoms with Crippen LogP contribution in [0.3, 0.4) is 0 Å². The molecule has 1 atom stereocenters. The Morgan fingerprint density at radius 3 is 2.29 bits per heavy atom. The number of carbonyl (C=O) groups is 3. The Morgan fingerprint density at radius 2 is 1.64 bits per heavy atom. The minimum absolute atomic E-state index is 0.0540. The van der Waals surface area contributed by atoms with Crippen molar-refractivity contribution >= 4 is 23.8 Å². The summed E-state index contributed by atoms with van der Waals surface area (Å²) in [4.78, 5) is 35.8. The van der Waals surface area contributed by atoms with E-state index < -0.39 is 29.6 Å². The van der Waals surface area contributed by atoms with E-state index in [0.29, 0.717) is 5.56 Å². The summed E-state index contributed by atoms with van der Waals surface area (Å²) in [6, 6.07) is 14.5. The highest BCUT2D eigenvalue weighted by atomic mass is 19.1. The molecule has 7 nitrogen and oxygen atoms in total. The second kappa shape index (κ2) is 9.86. The largest absolute Gasteiger partial charge is 0.478 e. The number of benzene rings is 2. The molecule has 0 bridgehead atoms. The Morgan fingerprint density at radius 1 is 1.00 bits per heavy atom. The smallest absolute Gasteiger partial charge is 0.286 e. The van der Waals surface area contributed by atoms with Gasteiger partial charge in [0.1, 0.15) is 5.70 Å². The SMILES string of the molecule is CC(=O)N/C(=C\c1ccccc1)C(=O)NNC(=O)[C@@H](C)Oc1ccccc1F. The molecule has 0 saturated carbocycles. The Kier molecular flexibility index (Phi) is 7.27. The number of hydrogen-bond acceptors (Lipinski definition) is 4. The van der Waals surface area contributed by atoms with E-state index in [4.69, 9.17) is 4.74 Å². The fraction of sp³-hybridized carbons (Fsp3) is 0.150. The molecule has 0 aliphatic carbocycles. The number of hydrazine groups is 1. The molecular formula is C20H20FN3O4. The van der Waals surface area contributed by atoms with E-state index in [9.17, 15) is 18.8 Å². The first kappa shape index (κ1) is 20.6. The molecule has 2 aromatic rings. The third-order valence-corrected chi connectivity index (χ3v) is 3.47. The van der Waals surface area contributed by atoms with Crippen molar-refractivity contribution in [2.24, 2.45) is 0 Å². The molecule has 0 aliphatic heterocycles. The van der Waals surface area contributed by atoms with Crippen LogP contribution in [0.2, 0.25) is 0 Å². The van der Waals surface area contributed by atoms with Crippen molar-refractivity contribution in [2.45, 2.75) is 20.0 Å². The zero-order valence-electron chi connectivity index (χ0n) is 15.4. The highest BCUT2D eigenvalue weighted by Crippen LogP contribution is 2.16. The van der Waals surface area contributed by atoms with Gasteiger partial charge in [-0.1, -0.05) is 42.5 Å². The standard InChI is InChI=1S/C20H20FN3O4/c1-13(28-18-11-7-6-10-16(18)21)19(26)23-24-20(27)17(22-14(2)25)12-15-8-4-3-5-9-15/h3-13H,1-2H3,(H,22,25)(H,23,26)(H,24,27)/b17-12-/t13-/m1/s1. The van der Waals surface area contributed by atoms with Crippen molar-refractivity contribution in [3.63, 3.8) is 0 Å². The zero-order valence-corrected chi connectivity index (χ0v) is 15.4. The molecule has 0 unspecified atom stereocenters. The molecule has 0 spiro atoms. The monoisotopic (exact) mass is 385 g/mol. The predicted octanol–water partition coefficient (Wildman–Crippen LogP) is 1.92. The molecule has 0 fully saturated rings. The van der Waals surface area contributed by atoms with E-state index in [2.05, 4.69) is 16.2 Å². The van der Waals surface area contributed by atoms with Gasteiger partial charge >= 0.3 is 0 Å². The van der Waals surface area contributed by atoms with Crippen LogP contribution in [-0.4, -0.2) is 23.8 Å². The number of rotatable bonds is 6. The lowest BCUT2D eigenvalue weighted by atomic mass is 10.2. The van der Waals surface area contributed by atoms with Crippen molar-refractivity contribution in [2.75, 3.05) is 0 Å². The number of ether oxygens (including phenoxy) is 1. The minimum Gasteiger partial charge on any atom is -0.478 e. The van der Waals surface area contributed by atoms with E-state index >= 15 is 0 Å². The highest BCUT2D eigenvalue weighted by molar-refractivity contribution is 6.01. The maximum absolute atomic E-state index is 13.6. The first-order valence-electron chi connectivity index (χ1n) is 8.42. The van der Waals surface area contributed by atoms with Crippen LogP contribution in [-0.2, 0) is 14.4 Å². The van der Waals surface area contributed by atoms with E-state index in [1.807, 2.05) is 6.07 Å². The van der Waals surface area contributed by atoms with Gasteiger partial charge in [-0.2, -0.15) is 0 Å². The zero-order chi connectivity index (χ0) is 20.5. The quantitative estimate of drug-likeness (QED) is 0.523. The van der Waals surface area contributed by atoms with Gasteiger partial charge in [0.05, 0.1) is 0 Å².